The van der Waals surface area contributed by atoms with E-state index in [0.29, 0.717) is 24.5 Å². The normalized spacial score (nSPS) is 10.6. The second-order valence-corrected chi connectivity index (χ2v) is 3.94. The molecule has 1 heterocycles. The number of ether oxygens (including phenoxy) is 1. The van der Waals surface area contributed by atoms with Gasteiger partial charge in [0.1, 0.15) is 0 Å². The first-order valence-corrected chi connectivity index (χ1v) is 5.67. The molecule has 0 bridgehead atoms. The highest BCUT2D eigenvalue weighted by atomic mass is 32.1. The summed E-state index contributed by atoms with van der Waals surface area (Å²) in [4.78, 5) is 11.3. The van der Waals surface area contributed by atoms with Gasteiger partial charge >= 0.3 is 5.69 Å². The van der Waals surface area contributed by atoms with Crippen molar-refractivity contribution in [2.24, 2.45) is 0 Å². The smallest absolute Gasteiger partial charge is 0.342 e. The molecule has 0 spiro atoms. The number of hydrogen-bond donors (Lipinski definition) is 2. The number of benzene rings is 1. The Morgan fingerprint density at radius 1 is 1.24 bits per heavy atom. The summed E-state index contributed by atoms with van der Waals surface area (Å²) in [5, 5.41) is 5.00. The van der Waals surface area contributed by atoms with Crippen LogP contribution in [0.5, 0.6) is 0 Å². The summed E-state index contributed by atoms with van der Waals surface area (Å²) in [6, 6.07) is 9.88. The van der Waals surface area contributed by atoms with E-state index < -0.39 is 0 Å². The monoisotopic (exact) mass is 251 g/mol. The van der Waals surface area contributed by atoms with Crippen LogP contribution < -0.4 is 5.69 Å². The largest absolute Gasteiger partial charge is 0.375 e. The van der Waals surface area contributed by atoms with E-state index in [9.17, 15) is 4.79 Å². The van der Waals surface area contributed by atoms with E-state index in [0.717, 1.165) is 5.56 Å². The van der Waals surface area contributed by atoms with Crippen LogP contribution in [0.3, 0.4) is 0 Å². The molecule has 2 aromatic rings. The number of aromatic amines is 2. The maximum Gasteiger partial charge on any atom is 0.342 e. The fourth-order valence-electron chi connectivity index (χ4n) is 1.46. The van der Waals surface area contributed by atoms with Crippen molar-refractivity contribution in [3.05, 3.63) is 51.2 Å². The predicted octanol–water partition coefficient (Wildman–Crippen LogP) is 1.45. The average molecular weight is 251 g/mol. The summed E-state index contributed by atoms with van der Waals surface area (Å²) in [6.07, 6.45) is 0. The third-order valence-corrected chi connectivity index (χ3v) is 2.66. The Hall–Kier alpha value is -1.66. The Labute approximate surface area is 103 Å². The zero-order valence-electron chi connectivity index (χ0n) is 9.18. The highest BCUT2D eigenvalue weighted by Gasteiger charge is 1.99. The molecule has 6 heteroatoms. The van der Waals surface area contributed by atoms with Gasteiger partial charge in [-0.15, -0.1) is 0 Å². The second-order valence-electron chi connectivity index (χ2n) is 3.55. The fourth-order valence-corrected chi connectivity index (χ4v) is 1.68. The minimum absolute atomic E-state index is 0.238. The molecule has 2 rings (SSSR count). The van der Waals surface area contributed by atoms with Crippen molar-refractivity contribution in [2.45, 2.75) is 13.2 Å². The van der Waals surface area contributed by atoms with Crippen LogP contribution in [0.15, 0.2) is 35.1 Å². The molecule has 1 aromatic heterocycles. The average Bonchev–Trinajstić information content (AvgIpc) is 2.67. The van der Waals surface area contributed by atoms with Crippen LogP contribution in [-0.4, -0.2) is 21.4 Å². The molecule has 0 saturated heterocycles. The standard InChI is InChI=1S/C11H13N3O2S/c15-10-12-13-11(17)14(10)6-7-16-8-9-4-2-1-3-5-9/h1-5H,6-8H2,(H,12,15)(H,13,17). The summed E-state index contributed by atoms with van der Waals surface area (Å²) in [6.45, 7) is 1.44. The molecule has 0 atom stereocenters. The number of hydrogen-bond acceptors (Lipinski definition) is 3. The quantitative estimate of drug-likeness (QED) is 0.624. The van der Waals surface area contributed by atoms with Gasteiger partial charge in [-0.3, -0.25) is 9.67 Å². The maximum atomic E-state index is 11.3. The number of nitrogens with one attached hydrogen (secondary N) is 2. The number of H-pyrrole nitrogens is 2. The van der Waals surface area contributed by atoms with E-state index >= 15 is 0 Å². The van der Waals surface area contributed by atoms with E-state index in [2.05, 4.69) is 10.2 Å². The molecule has 0 aliphatic carbocycles. The van der Waals surface area contributed by atoms with Gasteiger partial charge in [0.25, 0.3) is 0 Å². The van der Waals surface area contributed by atoms with Gasteiger partial charge in [0, 0.05) is 0 Å². The molecule has 17 heavy (non-hydrogen) atoms. The van der Waals surface area contributed by atoms with Gasteiger partial charge in [-0.25, -0.2) is 9.89 Å². The maximum absolute atomic E-state index is 11.3. The van der Waals surface area contributed by atoms with Crippen LogP contribution in [-0.2, 0) is 17.9 Å². The third-order valence-electron chi connectivity index (χ3n) is 2.34. The summed E-state index contributed by atoms with van der Waals surface area (Å²) < 4.78 is 7.29. The molecule has 0 radical (unpaired) electrons. The van der Waals surface area contributed by atoms with Crippen molar-refractivity contribution in [2.75, 3.05) is 6.61 Å². The summed E-state index contributed by atoms with van der Waals surface area (Å²) in [5.41, 5.74) is 0.873. The summed E-state index contributed by atoms with van der Waals surface area (Å²) in [5.74, 6) is 0. The zero-order valence-corrected chi connectivity index (χ0v) is 10.00. The third kappa shape index (κ3) is 3.15. The molecule has 0 aliphatic rings. The van der Waals surface area contributed by atoms with E-state index in [1.165, 1.54) is 4.57 Å². The summed E-state index contributed by atoms with van der Waals surface area (Å²) in [7, 11) is 0. The van der Waals surface area contributed by atoms with Crippen LogP contribution in [0.4, 0.5) is 0 Å². The molecular weight excluding hydrogens is 238 g/mol. The van der Waals surface area contributed by atoms with E-state index in [4.69, 9.17) is 17.0 Å². The Morgan fingerprint density at radius 2 is 2.00 bits per heavy atom. The topological polar surface area (TPSA) is 62.8 Å². The van der Waals surface area contributed by atoms with Crippen molar-refractivity contribution in [3.63, 3.8) is 0 Å². The molecule has 0 fully saturated rings. The van der Waals surface area contributed by atoms with Crippen molar-refractivity contribution in [1.82, 2.24) is 14.8 Å². The zero-order chi connectivity index (χ0) is 12.1. The molecule has 90 valence electrons. The Balaban J connectivity index is 1.81. The van der Waals surface area contributed by atoms with Gasteiger partial charge in [0.15, 0.2) is 4.77 Å². The minimum atomic E-state index is -0.238. The van der Waals surface area contributed by atoms with Gasteiger partial charge in [0.2, 0.25) is 0 Å². The first kappa shape index (κ1) is 11.8. The molecule has 1 aromatic carbocycles. The highest BCUT2D eigenvalue weighted by Crippen LogP contribution is 2.00. The van der Waals surface area contributed by atoms with Crippen molar-refractivity contribution >= 4 is 12.2 Å². The number of aromatic nitrogens is 3. The van der Waals surface area contributed by atoms with Crippen molar-refractivity contribution in [1.29, 1.82) is 0 Å². The predicted molar refractivity (Wildman–Crippen MR) is 66.3 cm³/mol. The Bertz CT molecular complexity index is 543. The molecule has 0 amide bonds. The van der Waals surface area contributed by atoms with E-state index in [-0.39, 0.29) is 5.69 Å². The Kier molecular flexibility index (Phi) is 3.89. The lowest BCUT2D eigenvalue weighted by Crippen LogP contribution is -2.19. The SMILES string of the molecule is O=c1[nH][nH]c(=S)n1CCOCc1ccccc1. The van der Waals surface area contributed by atoms with Gasteiger partial charge in [0.05, 0.1) is 19.8 Å². The van der Waals surface area contributed by atoms with Gasteiger partial charge in [-0.1, -0.05) is 30.3 Å². The lowest BCUT2D eigenvalue weighted by molar-refractivity contribution is 0.112. The van der Waals surface area contributed by atoms with Gasteiger partial charge < -0.3 is 4.74 Å². The van der Waals surface area contributed by atoms with Crippen LogP contribution in [0.25, 0.3) is 0 Å². The minimum Gasteiger partial charge on any atom is -0.375 e. The second kappa shape index (κ2) is 5.60. The van der Waals surface area contributed by atoms with E-state index in [1.807, 2.05) is 30.3 Å². The van der Waals surface area contributed by atoms with Crippen molar-refractivity contribution in [3.8, 4) is 0 Å². The molecular formula is C11H13N3O2S. The Morgan fingerprint density at radius 3 is 2.65 bits per heavy atom. The van der Waals surface area contributed by atoms with E-state index in [1.54, 1.807) is 0 Å². The van der Waals surface area contributed by atoms with Gasteiger partial charge in [-0.2, -0.15) is 0 Å². The summed E-state index contributed by atoms with van der Waals surface area (Å²) >= 11 is 4.94. The molecule has 0 aliphatic heterocycles. The first-order valence-electron chi connectivity index (χ1n) is 5.26. The lowest BCUT2D eigenvalue weighted by atomic mass is 10.2. The van der Waals surface area contributed by atoms with Crippen molar-refractivity contribution < 1.29 is 4.74 Å². The highest BCUT2D eigenvalue weighted by molar-refractivity contribution is 7.71. The molecule has 5 nitrogen and oxygen atoms in total. The van der Waals surface area contributed by atoms with Crippen LogP contribution >= 0.6 is 12.2 Å². The van der Waals surface area contributed by atoms with Crippen LogP contribution in [0.1, 0.15) is 5.56 Å². The fraction of sp³-hybridized carbons (Fsp3) is 0.273. The van der Waals surface area contributed by atoms with Gasteiger partial charge in [-0.05, 0) is 17.8 Å². The number of nitrogens with zero attached hydrogens (tertiary/aromatic N) is 1. The first-order chi connectivity index (χ1) is 8.27. The molecule has 0 saturated carbocycles. The van der Waals surface area contributed by atoms with Crippen LogP contribution in [0.2, 0.25) is 0 Å². The van der Waals surface area contributed by atoms with Crippen LogP contribution in [0, 0.1) is 4.77 Å². The molecule has 0 unspecified atom stereocenters. The number of rotatable bonds is 5. The molecule has 2 N–H and O–H groups in total. The lowest BCUT2D eigenvalue weighted by Gasteiger charge is -2.04.